The van der Waals surface area contributed by atoms with Gasteiger partial charge in [0.25, 0.3) is 5.91 Å². The van der Waals surface area contributed by atoms with Crippen LogP contribution in [0, 0.1) is 0 Å². The number of ether oxygens (including phenoxy) is 2. The lowest BCUT2D eigenvalue weighted by atomic mass is 9.92. The van der Waals surface area contributed by atoms with Gasteiger partial charge < -0.3 is 9.47 Å². The molecule has 1 atom stereocenters. The van der Waals surface area contributed by atoms with Crippen LogP contribution in [0.15, 0.2) is 29.3 Å². The maximum atomic E-state index is 13.8. The molecule has 0 bridgehead atoms. The maximum absolute atomic E-state index is 13.8. The molecule has 2 heterocycles. The van der Waals surface area contributed by atoms with E-state index >= 15 is 0 Å². The number of para-hydroxylation sites is 1. The third-order valence-electron chi connectivity index (χ3n) is 6.23. The van der Waals surface area contributed by atoms with Crippen molar-refractivity contribution in [1.82, 2.24) is 14.1 Å². The molecule has 1 amide bonds. The van der Waals surface area contributed by atoms with E-state index in [0.717, 1.165) is 30.7 Å². The van der Waals surface area contributed by atoms with Crippen molar-refractivity contribution in [2.45, 2.75) is 64.8 Å². The van der Waals surface area contributed by atoms with E-state index < -0.39 is 40.0 Å². The highest BCUT2D eigenvalue weighted by molar-refractivity contribution is 7.89. The molecule has 1 fully saturated rings. The van der Waals surface area contributed by atoms with Crippen LogP contribution in [-0.4, -0.2) is 55.3 Å². The minimum Gasteiger partial charge on any atom is -0.491 e. The van der Waals surface area contributed by atoms with Crippen LogP contribution in [0.4, 0.5) is 13.2 Å². The number of nitrogens with one attached hydrogen (secondary N) is 1. The molecular formula is C25H35F3N4O5S. The molecule has 0 spiro atoms. The van der Waals surface area contributed by atoms with Crippen LogP contribution in [0.5, 0.6) is 5.75 Å². The molecule has 1 aromatic carbocycles. The van der Waals surface area contributed by atoms with Gasteiger partial charge in [0.1, 0.15) is 12.4 Å². The van der Waals surface area contributed by atoms with Gasteiger partial charge in [-0.15, -0.1) is 0 Å². The molecule has 0 unspecified atom stereocenters. The van der Waals surface area contributed by atoms with Crippen molar-refractivity contribution in [2.24, 2.45) is 12.0 Å². The number of sulfonamides is 1. The van der Waals surface area contributed by atoms with Gasteiger partial charge in [-0.1, -0.05) is 26.8 Å². The van der Waals surface area contributed by atoms with Crippen LogP contribution < -0.4 is 14.9 Å². The van der Waals surface area contributed by atoms with E-state index in [1.807, 2.05) is 32.5 Å². The quantitative estimate of drug-likeness (QED) is 0.474. The monoisotopic (exact) mass is 560 g/mol. The lowest BCUT2D eigenvalue weighted by Gasteiger charge is -2.21. The van der Waals surface area contributed by atoms with E-state index in [1.165, 1.54) is 13.0 Å². The summed E-state index contributed by atoms with van der Waals surface area (Å²) in [5, 5.41) is 0. The summed E-state index contributed by atoms with van der Waals surface area (Å²) in [4.78, 5) is 17.6. The second-order valence-electron chi connectivity index (χ2n) is 10.1. The number of carbonyl (C=O) groups is 1. The molecule has 1 N–H and O–H groups in total. The van der Waals surface area contributed by atoms with E-state index in [-0.39, 0.29) is 34.9 Å². The Morgan fingerprint density at radius 1 is 1.26 bits per heavy atom. The summed E-state index contributed by atoms with van der Waals surface area (Å²) >= 11 is 0. The van der Waals surface area contributed by atoms with Crippen molar-refractivity contribution in [3.63, 3.8) is 0 Å². The van der Waals surface area contributed by atoms with Crippen LogP contribution in [-0.2, 0) is 39.9 Å². The van der Waals surface area contributed by atoms with Crippen molar-refractivity contribution in [3.05, 3.63) is 46.6 Å². The normalized spacial score (nSPS) is 17.3. The fourth-order valence-corrected chi connectivity index (χ4v) is 4.86. The molecule has 1 saturated heterocycles. The second-order valence-corrected chi connectivity index (χ2v) is 12.2. The molecular weight excluding hydrogens is 525 g/mol. The van der Waals surface area contributed by atoms with Gasteiger partial charge >= 0.3 is 6.18 Å². The van der Waals surface area contributed by atoms with Gasteiger partial charge in [-0.3, -0.25) is 14.2 Å². The van der Waals surface area contributed by atoms with Crippen LogP contribution in [0.1, 0.15) is 62.2 Å². The summed E-state index contributed by atoms with van der Waals surface area (Å²) in [5.74, 6) is -1.79. The van der Waals surface area contributed by atoms with Crippen molar-refractivity contribution >= 4 is 15.9 Å². The smallest absolute Gasteiger partial charge is 0.419 e. The minimum absolute atomic E-state index is 0.0650. The molecule has 1 aliphatic rings. The number of hydrogen-bond donors (Lipinski definition) is 1. The zero-order valence-corrected chi connectivity index (χ0v) is 23.1. The van der Waals surface area contributed by atoms with E-state index in [2.05, 4.69) is 9.71 Å². The van der Waals surface area contributed by atoms with Crippen molar-refractivity contribution in [1.29, 1.82) is 0 Å². The lowest BCUT2D eigenvalue weighted by Crippen LogP contribution is -2.30. The van der Waals surface area contributed by atoms with E-state index in [1.54, 1.807) is 10.7 Å². The molecule has 1 aliphatic heterocycles. The highest BCUT2D eigenvalue weighted by atomic mass is 32.2. The molecule has 2 aromatic rings. The minimum atomic E-state index is -4.81. The van der Waals surface area contributed by atoms with Gasteiger partial charge in [-0.2, -0.15) is 18.2 Å². The van der Waals surface area contributed by atoms with Crippen LogP contribution in [0.3, 0.4) is 0 Å². The predicted octanol–water partition coefficient (Wildman–Crippen LogP) is 3.38. The highest BCUT2D eigenvalue weighted by Gasteiger charge is 2.36. The summed E-state index contributed by atoms with van der Waals surface area (Å²) in [5.41, 5.74) is -0.640. The van der Waals surface area contributed by atoms with Crippen molar-refractivity contribution < 1.29 is 35.9 Å². The summed E-state index contributed by atoms with van der Waals surface area (Å²) in [6.45, 7) is 7.86. The second kappa shape index (κ2) is 11.6. The van der Waals surface area contributed by atoms with Crippen LogP contribution in [0.25, 0.3) is 0 Å². The molecule has 9 nitrogen and oxygen atoms in total. The van der Waals surface area contributed by atoms with Gasteiger partial charge in [0.05, 0.1) is 29.5 Å². The van der Waals surface area contributed by atoms with Crippen molar-refractivity contribution in [3.8, 4) is 5.75 Å². The molecule has 0 aliphatic carbocycles. The number of alkyl halides is 3. The molecule has 3 rings (SSSR count). The standard InChI is InChI=1S/C25H35F3N4O5S/c1-6-38(34,35)29-12-14-37-22-18(10-7-11-19(22)25(26,27)28)23(33)30-21-15-20(24(2,3)4)31(5)32(21)16-17-9-8-13-36-17/h7,10-11,15,17,29H,6,8-9,12-14,16H2,1-5H3/t17-/m1/s1. The first-order chi connectivity index (χ1) is 17.6. The molecule has 38 heavy (non-hydrogen) atoms. The Labute approximate surface area is 220 Å². The third kappa shape index (κ3) is 7.26. The van der Waals surface area contributed by atoms with E-state index in [0.29, 0.717) is 13.2 Å². The molecule has 13 heteroatoms. The lowest BCUT2D eigenvalue weighted by molar-refractivity contribution is -0.138. The SMILES string of the molecule is CCS(=O)(=O)NCCOc1c(C(=O)N=c2cc(C(C)(C)C)n(C)n2C[C@H]2CCCO2)cccc1C(F)(F)F. The van der Waals surface area contributed by atoms with Gasteiger partial charge in [0, 0.05) is 37.4 Å². The topological polar surface area (TPSA) is 104 Å². The Kier molecular flexibility index (Phi) is 9.15. The maximum Gasteiger partial charge on any atom is 0.419 e. The Hall–Kier alpha value is -2.64. The Morgan fingerprint density at radius 2 is 1.97 bits per heavy atom. The largest absolute Gasteiger partial charge is 0.491 e. The summed E-state index contributed by atoms with van der Waals surface area (Å²) in [7, 11) is -1.72. The zero-order valence-electron chi connectivity index (χ0n) is 22.3. The first-order valence-corrected chi connectivity index (χ1v) is 14.1. The number of rotatable bonds is 9. The van der Waals surface area contributed by atoms with Gasteiger partial charge in [-0.25, -0.2) is 13.1 Å². The Morgan fingerprint density at radius 3 is 2.55 bits per heavy atom. The summed E-state index contributed by atoms with van der Waals surface area (Å²) < 4.78 is 81.7. The fourth-order valence-electron chi connectivity index (χ4n) is 4.26. The molecule has 0 saturated carbocycles. The number of hydrogen-bond acceptors (Lipinski definition) is 5. The van der Waals surface area contributed by atoms with E-state index in [9.17, 15) is 26.4 Å². The third-order valence-corrected chi connectivity index (χ3v) is 7.63. The molecule has 0 radical (unpaired) electrons. The first kappa shape index (κ1) is 29.9. The molecule has 212 valence electrons. The van der Waals surface area contributed by atoms with Gasteiger partial charge in [0.15, 0.2) is 5.49 Å². The summed E-state index contributed by atoms with van der Waals surface area (Å²) in [6.07, 6.45) is -3.10. The average Bonchev–Trinajstić information content (AvgIpc) is 3.45. The number of aromatic nitrogens is 2. The number of nitrogens with zero attached hydrogens (tertiary/aromatic N) is 3. The average molecular weight is 561 g/mol. The fraction of sp³-hybridized carbons (Fsp3) is 0.600. The van der Waals surface area contributed by atoms with Crippen molar-refractivity contribution in [2.75, 3.05) is 25.5 Å². The van der Waals surface area contributed by atoms with E-state index in [4.69, 9.17) is 9.47 Å². The number of amides is 1. The van der Waals surface area contributed by atoms with Gasteiger partial charge in [0.2, 0.25) is 10.0 Å². The Balaban J connectivity index is 2.03. The predicted molar refractivity (Wildman–Crippen MR) is 135 cm³/mol. The number of benzene rings is 1. The number of halogens is 3. The molecule has 1 aromatic heterocycles. The Bertz CT molecular complexity index is 1320. The van der Waals surface area contributed by atoms with Gasteiger partial charge in [-0.05, 0) is 31.9 Å². The zero-order chi connectivity index (χ0) is 28.3. The number of carbonyl (C=O) groups excluding carboxylic acids is 1. The highest BCUT2D eigenvalue weighted by Crippen LogP contribution is 2.38. The first-order valence-electron chi connectivity index (χ1n) is 12.4. The summed E-state index contributed by atoms with van der Waals surface area (Å²) in [6, 6.07) is 4.88. The van der Waals surface area contributed by atoms with Crippen LogP contribution in [0.2, 0.25) is 0 Å². The van der Waals surface area contributed by atoms with Crippen LogP contribution >= 0.6 is 0 Å².